The number of fused-ring (bicyclic) bond motifs is 1. The average molecular weight is 596 g/mol. The molecule has 2 atom stereocenters. The van der Waals surface area contributed by atoms with E-state index in [4.69, 9.17) is 60.6 Å². The van der Waals surface area contributed by atoms with Crippen molar-refractivity contribution in [3.8, 4) is 17.2 Å². The van der Waals surface area contributed by atoms with Gasteiger partial charge in [0, 0.05) is 11.3 Å². The number of benzene rings is 3. The molecule has 5 rings (SSSR count). The van der Waals surface area contributed by atoms with Crippen LogP contribution in [-0.4, -0.2) is 50.0 Å². The topological polar surface area (TPSA) is 85.4 Å². The molecule has 38 heavy (non-hydrogen) atoms. The maximum atomic E-state index is 13.7. The van der Waals surface area contributed by atoms with Crippen molar-refractivity contribution >= 4 is 69.8 Å². The summed E-state index contributed by atoms with van der Waals surface area (Å²) in [6, 6.07) is 9.75. The van der Waals surface area contributed by atoms with Gasteiger partial charge in [-0.3, -0.25) is 19.3 Å². The molecular weight excluding hydrogens is 578 g/mol. The van der Waals surface area contributed by atoms with Crippen molar-refractivity contribution in [3.05, 3.63) is 79.2 Å². The van der Waals surface area contributed by atoms with Crippen LogP contribution < -0.4 is 19.1 Å². The lowest BCUT2D eigenvalue weighted by Crippen LogP contribution is -2.67. The Labute approximate surface area is 237 Å². The van der Waals surface area contributed by atoms with Gasteiger partial charge in [0.15, 0.2) is 0 Å². The molecule has 3 aromatic carbocycles. The van der Waals surface area contributed by atoms with E-state index >= 15 is 0 Å². The molecule has 2 heterocycles. The molecule has 2 aliphatic heterocycles. The van der Waals surface area contributed by atoms with E-state index in [-0.39, 0.29) is 31.2 Å². The van der Waals surface area contributed by atoms with E-state index in [2.05, 4.69) is 0 Å². The first-order valence-corrected chi connectivity index (χ1v) is 12.6. The molecule has 0 aliphatic carbocycles. The SMILES string of the molecule is COc1ccc(N2C(=O)C(N3C(=O)c4c(Cl)c(Cl)c(Cl)c(Cl)c4C3=O)C2c2cc(OC)ccc2OC)cc1. The van der Waals surface area contributed by atoms with Crippen molar-refractivity contribution in [2.75, 3.05) is 26.2 Å². The van der Waals surface area contributed by atoms with E-state index < -0.39 is 29.8 Å². The number of carbonyl (C=O) groups is 3. The molecule has 1 saturated heterocycles. The Hall–Kier alpha value is -3.17. The lowest BCUT2D eigenvalue weighted by atomic mass is 9.85. The summed E-state index contributed by atoms with van der Waals surface area (Å²) in [5, 5.41) is -0.755. The summed E-state index contributed by atoms with van der Waals surface area (Å²) in [4.78, 5) is 43.3. The minimum atomic E-state index is -1.25. The number of amides is 3. The molecule has 12 heteroatoms. The van der Waals surface area contributed by atoms with Crippen molar-refractivity contribution in [2.24, 2.45) is 0 Å². The van der Waals surface area contributed by atoms with Gasteiger partial charge >= 0.3 is 0 Å². The quantitative estimate of drug-likeness (QED) is 0.149. The Morgan fingerprint density at radius 1 is 0.632 bits per heavy atom. The van der Waals surface area contributed by atoms with Gasteiger partial charge < -0.3 is 19.1 Å². The third kappa shape index (κ3) is 3.78. The molecule has 3 aromatic rings. The zero-order chi connectivity index (χ0) is 27.5. The molecule has 2 aliphatic rings. The van der Waals surface area contributed by atoms with Gasteiger partial charge in [-0.25, -0.2) is 0 Å². The highest BCUT2D eigenvalue weighted by Crippen LogP contribution is 2.50. The number of ether oxygens (including phenoxy) is 3. The van der Waals surface area contributed by atoms with Gasteiger partial charge in [-0.1, -0.05) is 46.4 Å². The lowest BCUT2D eigenvalue weighted by Gasteiger charge is -2.50. The maximum Gasteiger partial charge on any atom is 0.264 e. The second-order valence-corrected chi connectivity index (χ2v) is 9.90. The van der Waals surface area contributed by atoms with Gasteiger partial charge in [-0.15, -0.1) is 0 Å². The van der Waals surface area contributed by atoms with Gasteiger partial charge in [-0.2, -0.15) is 0 Å². The zero-order valence-electron chi connectivity index (χ0n) is 20.1. The van der Waals surface area contributed by atoms with E-state index in [9.17, 15) is 14.4 Å². The number of nitrogens with zero attached hydrogens (tertiary/aromatic N) is 2. The van der Waals surface area contributed by atoms with Crippen molar-refractivity contribution in [1.82, 2.24) is 4.90 Å². The van der Waals surface area contributed by atoms with Crippen LogP contribution in [0.25, 0.3) is 0 Å². The summed E-state index contributed by atoms with van der Waals surface area (Å²) in [5.41, 5.74) is 0.615. The molecule has 8 nitrogen and oxygen atoms in total. The van der Waals surface area contributed by atoms with Crippen LogP contribution in [0.5, 0.6) is 17.2 Å². The smallest absolute Gasteiger partial charge is 0.264 e. The first-order valence-electron chi connectivity index (χ1n) is 11.1. The molecule has 0 N–H and O–H groups in total. The Morgan fingerprint density at radius 3 is 1.66 bits per heavy atom. The van der Waals surface area contributed by atoms with Crippen LogP contribution >= 0.6 is 46.4 Å². The van der Waals surface area contributed by atoms with E-state index in [1.54, 1.807) is 42.5 Å². The van der Waals surface area contributed by atoms with Crippen LogP contribution in [-0.2, 0) is 4.79 Å². The summed E-state index contributed by atoms with van der Waals surface area (Å²) in [6.07, 6.45) is 0. The predicted octanol–water partition coefficient (Wildman–Crippen LogP) is 6.08. The summed E-state index contributed by atoms with van der Waals surface area (Å²) in [6.45, 7) is 0. The summed E-state index contributed by atoms with van der Waals surface area (Å²) in [7, 11) is 4.50. The minimum Gasteiger partial charge on any atom is -0.497 e. The van der Waals surface area contributed by atoms with Crippen LogP contribution in [0, 0.1) is 0 Å². The standard InChI is InChI=1S/C26H18Cl4N2O6/c1-36-12-6-4-11(5-7-12)31-22(14-10-13(37-2)8-9-15(14)38-3)23(26(31)35)32-24(33)16-17(25(32)34)19(28)21(30)20(29)18(16)27/h4-10,22-23H,1-3H3. The van der Waals surface area contributed by atoms with E-state index in [0.29, 0.717) is 28.5 Å². The molecule has 0 bridgehead atoms. The molecule has 0 radical (unpaired) electrons. The first-order chi connectivity index (χ1) is 18.2. The Kier molecular flexibility index (Phi) is 6.86. The largest absolute Gasteiger partial charge is 0.497 e. The van der Waals surface area contributed by atoms with Crippen LogP contribution in [0.4, 0.5) is 5.69 Å². The number of imide groups is 1. The third-order valence-electron chi connectivity index (χ3n) is 6.58. The molecule has 1 fully saturated rings. The average Bonchev–Trinajstić information content (AvgIpc) is 3.18. The molecule has 0 aromatic heterocycles. The van der Waals surface area contributed by atoms with E-state index in [1.807, 2.05) is 0 Å². The maximum absolute atomic E-state index is 13.7. The summed E-state index contributed by atoms with van der Waals surface area (Å²) < 4.78 is 16.2. The van der Waals surface area contributed by atoms with Gasteiger partial charge in [0.25, 0.3) is 17.7 Å². The number of hydrogen-bond donors (Lipinski definition) is 0. The van der Waals surface area contributed by atoms with Crippen molar-refractivity contribution in [3.63, 3.8) is 0 Å². The van der Waals surface area contributed by atoms with Crippen molar-refractivity contribution < 1.29 is 28.6 Å². The fraction of sp³-hybridized carbons (Fsp3) is 0.192. The normalized spacial score (nSPS) is 18.4. The number of methoxy groups -OCH3 is 3. The fourth-order valence-electron chi connectivity index (χ4n) is 4.75. The fourth-order valence-corrected chi connectivity index (χ4v) is 5.77. The van der Waals surface area contributed by atoms with E-state index in [0.717, 1.165) is 4.90 Å². The number of β-lactam (4-membered cyclic amide) rings is 1. The highest BCUT2D eigenvalue weighted by atomic mass is 35.5. The second kappa shape index (κ2) is 9.85. The van der Waals surface area contributed by atoms with Crippen LogP contribution in [0.3, 0.4) is 0 Å². The van der Waals surface area contributed by atoms with Crippen LogP contribution in [0.15, 0.2) is 42.5 Å². The van der Waals surface area contributed by atoms with Gasteiger partial charge in [0.05, 0.1) is 58.6 Å². The number of rotatable bonds is 6. The molecule has 0 spiro atoms. The van der Waals surface area contributed by atoms with Crippen molar-refractivity contribution in [1.29, 1.82) is 0 Å². The Bertz CT molecular complexity index is 1460. The Morgan fingerprint density at radius 2 is 1.16 bits per heavy atom. The van der Waals surface area contributed by atoms with Gasteiger partial charge in [0.2, 0.25) is 0 Å². The first kappa shape index (κ1) is 26.4. The van der Waals surface area contributed by atoms with Crippen molar-refractivity contribution in [2.45, 2.75) is 12.1 Å². The summed E-state index contributed by atoms with van der Waals surface area (Å²) >= 11 is 25.0. The van der Waals surface area contributed by atoms with Crippen LogP contribution in [0.2, 0.25) is 20.1 Å². The highest BCUT2D eigenvalue weighted by Gasteiger charge is 2.59. The number of hydrogen-bond acceptors (Lipinski definition) is 6. The molecule has 2 unspecified atom stereocenters. The monoisotopic (exact) mass is 594 g/mol. The molecule has 3 amide bonds. The predicted molar refractivity (Wildman–Crippen MR) is 144 cm³/mol. The second-order valence-electron chi connectivity index (χ2n) is 8.39. The number of carbonyl (C=O) groups excluding carboxylic acids is 3. The number of halogens is 4. The summed E-state index contributed by atoms with van der Waals surface area (Å²) in [5.74, 6) is -0.632. The highest BCUT2D eigenvalue weighted by molar-refractivity contribution is 6.55. The minimum absolute atomic E-state index is 0.161. The Balaban J connectivity index is 1.67. The lowest BCUT2D eigenvalue weighted by molar-refractivity contribution is -0.130. The number of anilines is 1. The van der Waals surface area contributed by atoms with Crippen LogP contribution in [0.1, 0.15) is 32.3 Å². The molecule has 196 valence electrons. The van der Waals surface area contributed by atoms with Gasteiger partial charge in [0.1, 0.15) is 23.3 Å². The molecule has 0 saturated carbocycles. The van der Waals surface area contributed by atoms with Gasteiger partial charge in [-0.05, 0) is 42.5 Å². The van der Waals surface area contributed by atoms with E-state index in [1.165, 1.54) is 26.2 Å². The molecular formula is C26H18Cl4N2O6. The zero-order valence-corrected chi connectivity index (χ0v) is 23.1. The third-order valence-corrected chi connectivity index (χ3v) is 8.39.